The van der Waals surface area contributed by atoms with Gasteiger partial charge in [-0.25, -0.2) is 0 Å². The summed E-state index contributed by atoms with van der Waals surface area (Å²) in [6, 6.07) is 7.74. The predicted molar refractivity (Wildman–Crippen MR) is 91.5 cm³/mol. The SMILES string of the molecule is O=C(CSc1ccc(Cl)cc1)NCCN1CCCC[C@@H]1CO. The molecule has 0 aromatic heterocycles. The minimum atomic E-state index is 0.0394. The molecule has 1 fully saturated rings. The predicted octanol–water partition coefficient (Wildman–Crippen LogP) is 2.40. The number of aliphatic hydroxyl groups is 1. The summed E-state index contributed by atoms with van der Waals surface area (Å²) in [5.41, 5.74) is 0. The third kappa shape index (κ3) is 5.80. The number of thioether (sulfide) groups is 1. The van der Waals surface area contributed by atoms with Gasteiger partial charge in [0.25, 0.3) is 0 Å². The van der Waals surface area contributed by atoms with Gasteiger partial charge in [0, 0.05) is 29.0 Å². The molecule has 1 amide bonds. The Morgan fingerprint density at radius 3 is 2.86 bits per heavy atom. The molecule has 1 atom stereocenters. The Morgan fingerprint density at radius 1 is 1.36 bits per heavy atom. The molecule has 122 valence electrons. The van der Waals surface area contributed by atoms with E-state index in [1.54, 1.807) is 0 Å². The summed E-state index contributed by atoms with van der Waals surface area (Å²) < 4.78 is 0. The molecule has 0 saturated carbocycles. The number of aliphatic hydroxyl groups excluding tert-OH is 1. The highest BCUT2D eigenvalue weighted by Crippen LogP contribution is 2.20. The number of hydrogen-bond donors (Lipinski definition) is 2. The average Bonchev–Trinajstić information content (AvgIpc) is 2.55. The number of nitrogens with zero attached hydrogens (tertiary/aromatic N) is 1. The van der Waals surface area contributed by atoms with Crippen molar-refractivity contribution in [1.82, 2.24) is 10.2 Å². The molecule has 1 saturated heterocycles. The fourth-order valence-electron chi connectivity index (χ4n) is 2.63. The molecule has 22 heavy (non-hydrogen) atoms. The summed E-state index contributed by atoms with van der Waals surface area (Å²) in [6.07, 6.45) is 3.42. The van der Waals surface area contributed by atoms with Crippen molar-refractivity contribution in [3.05, 3.63) is 29.3 Å². The van der Waals surface area contributed by atoms with Crippen molar-refractivity contribution < 1.29 is 9.90 Å². The second-order valence-electron chi connectivity index (χ2n) is 5.46. The zero-order valence-corrected chi connectivity index (χ0v) is 14.2. The van der Waals surface area contributed by atoms with E-state index in [4.69, 9.17) is 11.6 Å². The summed E-state index contributed by atoms with van der Waals surface area (Å²) in [6.45, 7) is 2.67. The summed E-state index contributed by atoms with van der Waals surface area (Å²) in [4.78, 5) is 15.2. The third-order valence-corrected chi connectivity index (χ3v) is 5.13. The first kappa shape index (κ1) is 17.6. The summed E-state index contributed by atoms with van der Waals surface area (Å²) in [5.74, 6) is 0.447. The van der Waals surface area contributed by atoms with Gasteiger partial charge in [0.1, 0.15) is 0 Å². The van der Waals surface area contributed by atoms with Gasteiger partial charge in [0.05, 0.1) is 12.4 Å². The topological polar surface area (TPSA) is 52.6 Å². The van der Waals surface area contributed by atoms with E-state index in [-0.39, 0.29) is 18.6 Å². The molecular weight excluding hydrogens is 320 g/mol. The summed E-state index contributed by atoms with van der Waals surface area (Å²) >= 11 is 7.33. The Kier molecular flexibility index (Phi) is 7.52. The molecule has 4 nitrogen and oxygen atoms in total. The van der Waals surface area contributed by atoms with Gasteiger partial charge in [-0.2, -0.15) is 0 Å². The Labute approximate surface area is 141 Å². The monoisotopic (exact) mass is 342 g/mol. The fourth-order valence-corrected chi connectivity index (χ4v) is 3.49. The standard InChI is InChI=1S/C16H23ClN2O2S/c17-13-4-6-15(7-5-13)22-12-16(21)18-8-10-19-9-2-1-3-14(19)11-20/h4-7,14,20H,1-3,8-12H2,(H,18,21)/t14-/m1/s1. The molecule has 1 heterocycles. The molecule has 0 spiro atoms. The molecule has 0 bridgehead atoms. The number of benzene rings is 1. The van der Waals surface area contributed by atoms with Gasteiger partial charge in [0.2, 0.25) is 5.91 Å². The molecular formula is C16H23ClN2O2S. The minimum absolute atomic E-state index is 0.0394. The lowest BCUT2D eigenvalue weighted by atomic mass is 10.0. The Balaban J connectivity index is 1.64. The highest BCUT2D eigenvalue weighted by Gasteiger charge is 2.20. The molecule has 0 radical (unpaired) electrons. The maximum absolute atomic E-state index is 11.9. The highest BCUT2D eigenvalue weighted by atomic mass is 35.5. The van der Waals surface area contributed by atoms with E-state index in [0.717, 1.165) is 24.4 Å². The van der Waals surface area contributed by atoms with Crippen LogP contribution in [0.5, 0.6) is 0 Å². The molecule has 1 aromatic carbocycles. The first-order chi connectivity index (χ1) is 10.7. The van der Waals surface area contributed by atoms with E-state index in [9.17, 15) is 9.90 Å². The first-order valence-corrected chi connectivity index (χ1v) is 9.05. The van der Waals surface area contributed by atoms with E-state index >= 15 is 0 Å². The fraction of sp³-hybridized carbons (Fsp3) is 0.562. The van der Waals surface area contributed by atoms with Crippen LogP contribution < -0.4 is 5.32 Å². The van der Waals surface area contributed by atoms with E-state index in [1.165, 1.54) is 24.6 Å². The smallest absolute Gasteiger partial charge is 0.230 e. The molecule has 2 N–H and O–H groups in total. The summed E-state index contributed by atoms with van der Waals surface area (Å²) in [7, 11) is 0. The van der Waals surface area contributed by atoms with Crippen molar-refractivity contribution in [2.45, 2.75) is 30.2 Å². The van der Waals surface area contributed by atoms with Gasteiger partial charge in [-0.3, -0.25) is 9.69 Å². The van der Waals surface area contributed by atoms with Gasteiger partial charge in [-0.05, 0) is 43.7 Å². The van der Waals surface area contributed by atoms with E-state index in [0.29, 0.717) is 17.3 Å². The zero-order valence-electron chi connectivity index (χ0n) is 12.6. The number of piperidine rings is 1. The number of halogens is 1. The van der Waals surface area contributed by atoms with Crippen LogP contribution in [0.3, 0.4) is 0 Å². The Hall–Kier alpha value is -0.750. The van der Waals surface area contributed by atoms with E-state index in [1.807, 2.05) is 24.3 Å². The van der Waals surface area contributed by atoms with E-state index < -0.39 is 0 Å². The maximum Gasteiger partial charge on any atom is 0.230 e. The zero-order chi connectivity index (χ0) is 15.8. The molecule has 1 aliphatic heterocycles. The number of carbonyl (C=O) groups is 1. The Bertz CT molecular complexity index is 470. The van der Waals surface area contributed by atoms with Crippen molar-refractivity contribution in [3.8, 4) is 0 Å². The Morgan fingerprint density at radius 2 is 2.14 bits per heavy atom. The van der Waals surface area contributed by atoms with Crippen molar-refractivity contribution in [1.29, 1.82) is 0 Å². The van der Waals surface area contributed by atoms with Gasteiger partial charge in [0.15, 0.2) is 0 Å². The van der Waals surface area contributed by atoms with Crippen molar-refractivity contribution in [2.75, 3.05) is 32.0 Å². The van der Waals surface area contributed by atoms with Crippen molar-refractivity contribution in [2.24, 2.45) is 0 Å². The lowest BCUT2D eigenvalue weighted by Crippen LogP contribution is -2.45. The number of rotatable bonds is 7. The number of nitrogens with one attached hydrogen (secondary N) is 1. The maximum atomic E-state index is 11.9. The van der Waals surface area contributed by atoms with E-state index in [2.05, 4.69) is 10.2 Å². The van der Waals surface area contributed by atoms with Gasteiger partial charge in [-0.15, -0.1) is 11.8 Å². The van der Waals surface area contributed by atoms with Crippen LogP contribution in [-0.4, -0.2) is 53.9 Å². The molecule has 0 unspecified atom stereocenters. The van der Waals surface area contributed by atoms with Gasteiger partial charge < -0.3 is 10.4 Å². The van der Waals surface area contributed by atoms with Crippen LogP contribution in [-0.2, 0) is 4.79 Å². The van der Waals surface area contributed by atoms with Crippen LogP contribution in [0.15, 0.2) is 29.2 Å². The van der Waals surface area contributed by atoms with Crippen LogP contribution >= 0.6 is 23.4 Å². The van der Waals surface area contributed by atoms with Crippen LogP contribution in [0.1, 0.15) is 19.3 Å². The quantitative estimate of drug-likeness (QED) is 0.747. The molecule has 2 rings (SSSR count). The second-order valence-corrected chi connectivity index (χ2v) is 6.95. The van der Waals surface area contributed by atoms with Crippen molar-refractivity contribution in [3.63, 3.8) is 0 Å². The first-order valence-electron chi connectivity index (χ1n) is 7.69. The van der Waals surface area contributed by atoms with Gasteiger partial charge >= 0.3 is 0 Å². The number of hydrogen-bond acceptors (Lipinski definition) is 4. The van der Waals surface area contributed by atoms with Crippen molar-refractivity contribution >= 4 is 29.3 Å². The van der Waals surface area contributed by atoms with Crippen LogP contribution in [0.25, 0.3) is 0 Å². The third-order valence-electron chi connectivity index (χ3n) is 3.86. The van der Waals surface area contributed by atoms with Crippen LogP contribution in [0.2, 0.25) is 5.02 Å². The lowest BCUT2D eigenvalue weighted by molar-refractivity contribution is -0.118. The summed E-state index contributed by atoms with van der Waals surface area (Å²) in [5, 5.41) is 13.0. The number of likely N-dealkylation sites (tertiary alicyclic amines) is 1. The molecule has 0 aliphatic carbocycles. The normalized spacial score (nSPS) is 19.1. The molecule has 1 aliphatic rings. The van der Waals surface area contributed by atoms with Crippen LogP contribution in [0.4, 0.5) is 0 Å². The number of amides is 1. The lowest BCUT2D eigenvalue weighted by Gasteiger charge is -2.34. The highest BCUT2D eigenvalue weighted by molar-refractivity contribution is 8.00. The minimum Gasteiger partial charge on any atom is -0.395 e. The average molecular weight is 343 g/mol. The second kappa shape index (κ2) is 9.40. The number of carbonyl (C=O) groups excluding carboxylic acids is 1. The van der Waals surface area contributed by atoms with Gasteiger partial charge in [-0.1, -0.05) is 18.0 Å². The molecule has 1 aromatic rings. The molecule has 6 heteroatoms. The largest absolute Gasteiger partial charge is 0.395 e. The van der Waals surface area contributed by atoms with Crippen LogP contribution in [0, 0.1) is 0 Å².